The summed E-state index contributed by atoms with van der Waals surface area (Å²) in [4.78, 5) is 12.8. The van der Waals surface area contributed by atoms with E-state index in [4.69, 9.17) is 4.42 Å². The summed E-state index contributed by atoms with van der Waals surface area (Å²) in [5, 5.41) is 2.63. The molecule has 0 N–H and O–H groups in total. The average molecular weight is 375 g/mol. The van der Waals surface area contributed by atoms with Gasteiger partial charge >= 0.3 is 5.63 Å². The molecule has 0 amide bonds. The SMILES string of the molecule is CCC1c2ccsc2CCN1S(=O)(=O)c1ccc2oc(=O)ccc2c1. The van der Waals surface area contributed by atoms with E-state index in [1.165, 1.54) is 17.0 Å². The summed E-state index contributed by atoms with van der Waals surface area (Å²) in [7, 11) is -3.63. The molecule has 0 radical (unpaired) electrons. The van der Waals surface area contributed by atoms with Gasteiger partial charge in [-0.2, -0.15) is 4.31 Å². The number of sulfonamides is 1. The van der Waals surface area contributed by atoms with Gasteiger partial charge in [0.2, 0.25) is 10.0 Å². The fourth-order valence-corrected chi connectivity index (χ4v) is 6.07. The molecule has 0 saturated heterocycles. The standard InChI is InChI=1S/C18H17NO4S2/c1-2-15-14-8-10-24-17(14)7-9-19(15)25(21,22)13-4-5-16-12(11-13)3-6-18(20)23-16/h3-6,8,10-11,15H,2,7,9H2,1H3. The van der Waals surface area contributed by atoms with Crippen LogP contribution in [-0.4, -0.2) is 19.3 Å². The van der Waals surface area contributed by atoms with Gasteiger partial charge in [0.05, 0.1) is 10.9 Å². The number of fused-ring (bicyclic) bond motifs is 2. The molecule has 1 atom stereocenters. The van der Waals surface area contributed by atoms with Crippen LogP contribution in [0.5, 0.6) is 0 Å². The quantitative estimate of drug-likeness (QED) is 0.657. The van der Waals surface area contributed by atoms with Crippen LogP contribution in [0.4, 0.5) is 0 Å². The highest BCUT2D eigenvalue weighted by Crippen LogP contribution is 2.38. The van der Waals surface area contributed by atoms with Crippen molar-refractivity contribution >= 4 is 32.3 Å². The minimum Gasteiger partial charge on any atom is -0.423 e. The number of hydrogen-bond acceptors (Lipinski definition) is 5. The Morgan fingerprint density at radius 2 is 2.08 bits per heavy atom. The Morgan fingerprint density at radius 3 is 2.88 bits per heavy atom. The van der Waals surface area contributed by atoms with Crippen LogP contribution in [0, 0.1) is 0 Å². The second-order valence-electron chi connectivity index (χ2n) is 6.04. The number of thiophene rings is 1. The highest BCUT2D eigenvalue weighted by atomic mass is 32.2. The molecule has 2 aromatic heterocycles. The lowest BCUT2D eigenvalue weighted by Crippen LogP contribution is -2.39. The van der Waals surface area contributed by atoms with Crippen molar-refractivity contribution < 1.29 is 12.8 Å². The summed E-state index contributed by atoms with van der Waals surface area (Å²) < 4.78 is 33.2. The van der Waals surface area contributed by atoms with Gasteiger partial charge in [0.15, 0.2) is 0 Å². The molecule has 0 saturated carbocycles. The highest BCUT2D eigenvalue weighted by molar-refractivity contribution is 7.89. The fourth-order valence-electron chi connectivity index (χ4n) is 3.43. The zero-order valence-corrected chi connectivity index (χ0v) is 15.3. The lowest BCUT2D eigenvalue weighted by molar-refractivity contribution is 0.303. The molecule has 3 aromatic rings. The predicted molar refractivity (Wildman–Crippen MR) is 97.4 cm³/mol. The third-order valence-corrected chi connectivity index (χ3v) is 7.53. The number of hydrogen-bond donors (Lipinski definition) is 0. The first-order chi connectivity index (χ1) is 12.0. The summed E-state index contributed by atoms with van der Waals surface area (Å²) in [6.45, 7) is 2.49. The van der Waals surface area contributed by atoms with E-state index in [0.29, 0.717) is 17.5 Å². The summed E-state index contributed by atoms with van der Waals surface area (Å²) >= 11 is 1.69. The molecular weight excluding hydrogens is 358 g/mol. The molecule has 0 spiro atoms. The molecule has 25 heavy (non-hydrogen) atoms. The summed E-state index contributed by atoms with van der Waals surface area (Å²) in [6, 6.07) is 9.41. The highest BCUT2D eigenvalue weighted by Gasteiger charge is 2.36. The van der Waals surface area contributed by atoms with Crippen molar-refractivity contribution in [1.82, 2.24) is 4.31 Å². The molecule has 7 heteroatoms. The normalized spacial score (nSPS) is 18.4. The maximum Gasteiger partial charge on any atom is 0.336 e. The van der Waals surface area contributed by atoms with Crippen molar-refractivity contribution in [1.29, 1.82) is 0 Å². The van der Waals surface area contributed by atoms with Crippen molar-refractivity contribution in [2.75, 3.05) is 6.54 Å². The molecule has 0 aliphatic carbocycles. The fraction of sp³-hybridized carbons (Fsp3) is 0.278. The largest absolute Gasteiger partial charge is 0.423 e. The summed E-state index contributed by atoms with van der Waals surface area (Å²) in [5.74, 6) is 0. The Morgan fingerprint density at radius 1 is 1.24 bits per heavy atom. The average Bonchev–Trinajstić information content (AvgIpc) is 3.09. The molecule has 1 aromatic carbocycles. The van der Waals surface area contributed by atoms with Gasteiger partial charge in [-0.3, -0.25) is 0 Å². The molecule has 130 valence electrons. The zero-order chi connectivity index (χ0) is 17.6. The van der Waals surface area contributed by atoms with Crippen LogP contribution in [-0.2, 0) is 16.4 Å². The van der Waals surface area contributed by atoms with Crippen molar-refractivity contribution in [2.45, 2.75) is 30.7 Å². The third-order valence-electron chi connectivity index (χ3n) is 4.63. The first-order valence-electron chi connectivity index (χ1n) is 8.12. The van der Waals surface area contributed by atoms with Gasteiger partial charge in [0, 0.05) is 22.9 Å². The second kappa shape index (κ2) is 6.09. The van der Waals surface area contributed by atoms with Gasteiger partial charge in [-0.25, -0.2) is 13.2 Å². The van der Waals surface area contributed by atoms with Crippen molar-refractivity contribution in [3.05, 3.63) is 62.6 Å². The van der Waals surface area contributed by atoms with E-state index in [0.717, 1.165) is 18.4 Å². The van der Waals surface area contributed by atoms with E-state index < -0.39 is 15.6 Å². The predicted octanol–water partition coefficient (Wildman–Crippen LogP) is 3.55. The Hall–Kier alpha value is -1.96. The monoisotopic (exact) mass is 375 g/mol. The van der Waals surface area contributed by atoms with Crippen LogP contribution in [0.25, 0.3) is 11.0 Å². The van der Waals surface area contributed by atoms with Crippen LogP contribution in [0.3, 0.4) is 0 Å². The van der Waals surface area contributed by atoms with Crippen LogP contribution in [0.2, 0.25) is 0 Å². The van der Waals surface area contributed by atoms with Crippen molar-refractivity contribution in [2.24, 2.45) is 0 Å². The Labute approximate surface area is 149 Å². The van der Waals surface area contributed by atoms with E-state index in [9.17, 15) is 13.2 Å². The van der Waals surface area contributed by atoms with E-state index in [1.54, 1.807) is 33.8 Å². The Bertz CT molecular complexity index is 1100. The van der Waals surface area contributed by atoms with Gasteiger partial charge in [0.1, 0.15) is 5.58 Å². The lowest BCUT2D eigenvalue weighted by atomic mass is 10.0. The molecule has 3 heterocycles. The molecule has 1 aliphatic rings. The maximum absolute atomic E-state index is 13.2. The molecule has 0 fully saturated rings. The Balaban J connectivity index is 1.79. The topological polar surface area (TPSA) is 67.6 Å². The lowest BCUT2D eigenvalue weighted by Gasteiger charge is -2.34. The number of nitrogens with zero attached hydrogens (tertiary/aromatic N) is 1. The summed E-state index contributed by atoms with van der Waals surface area (Å²) in [6.07, 6.45) is 1.47. The van der Waals surface area contributed by atoms with Crippen LogP contribution in [0.15, 0.2) is 55.9 Å². The molecule has 0 bridgehead atoms. The second-order valence-corrected chi connectivity index (χ2v) is 8.93. The number of rotatable bonds is 3. The van der Waals surface area contributed by atoms with Gasteiger partial charge in [0.25, 0.3) is 0 Å². The zero-order valence-electron chi connectivity index (χ0n) is 13.6. The minimum absolute atomic E-state index is 0.135. The summed E-state index contributed by atoms with van der Waals surface area (Å²) in [5.41, 5.74) is 1.06. The van der Waals surface area contributed by atoms with Gasteiger partial charge < -0.3 is 4.42 Å². The van der Waals surface area contributed by atoms with Crippen LogP contribution >= 0.6 is 11.3 Å². The van der Waals surface area contributed by atoms with Crippen molar-refractivity contribution in [3.8, 4) is 0 Å². The van der Waals surface area contributed by atoms with Gasteiger partial charge in [-0.15, -0.1) is 11.3 Å². The van der Waals surface area contributed by atoms with Gasteiger partial charge in [-0.1, -0.05) is 6.92 Å². The Kier molecular flexibility index (Phi) is 4.02. The first-order valence-corrected chi connectivity index (χ1v) is 10.4. The van der Waals surface area contributed by atoms with Crippen LogP contribution < -0.4 is 5.63 Å². The van der Waals surface area contributed by atoms with Crippen LogP contribution in [0.1, 0.15) is 29.8 Å². The molecule has 1 aliphatic heterocycles. The van der Waals surface area contributed by atoms with E-state index in [1.807, 2.05) is 18.4 Å². The smallest absolute Gasteiger partial charge is 0.336 e. The molecule has 5 nitrogen and oxygen atoms in total. The third kappa shape index (κ3) is 2.72. The molecule has 1 unspecified atom stereocenters. The minimum atomic E-state index is -3.63. The first kappa shape index (κ1) is 16.5. The molecular formula is C18H17NO4S2. The van der Waals surface area contributed by atoms with Crippen molar-refractivity contribution in [3.63, 3.8) is 0 Å². The number of benzene rings is 1. The van der Waals surface area contributed by atoms with Gasteiger partial charge in [-0.05, 0) is 54.1 Å². The molecule has 4 rings (SSSR count). The van der Waals surface area contributed by atoms with E-state index in [2.05, 4.69) is 0 Å². The van der Waals surface area contributed by atoms with E-state index >= 15 is 0 Å². The maximum atomic E-state index is 13.2. The van der Waals surface area contributed by atoms with E-state index in [-0.39, 0.29) is 10.9 Å².